The van der Waals surface area contributed by atoms with Crippen LogP contribution in [0.25, 0.3) is 0 Å². The molecule has 0 saturated carbocycles. The molecule has 20 heavy (non-hydrogen) atoms. The number of aliphatic imine (C=N–C) groups is 1. The van der Waals surface area contributed by atoms with Crippen molar-refractivity contribution < 1.29 is 23.8 Å². The van der Waals surface area contributed by atoms with Crippen molar-refractivity contribution in [3.05, 3.63) is 18.2 Å². The van der Waals surface area contributed by atoms with Crippen LogP contribution in [-0.2, 0) is 19.1 Å². The van der Waals surface area contributed by atoms with E-state index in [-0.39, 0.29) is 0 Å². The number of methoxy groups -OCH3 is 1. The van der Waals surface area contributed by atoms with Crippen molar-refractivity contribution in [2.75, 3.05) is 7.11 Å². The molecule has 0 unspecified atom stereocenters. The number of rotatable bonds is 3. The van der Waals surface area contributed by atoms with Crippen LogP contribution in [0.2, 0.25) is 0 Å². The Labute approximate surface area is 115 Å². The zero-order chi connectivity index (χ0) is 14.8. The number of nitrogens with zero attached hydrogens (tertiary/aromatic N) is 2. The summed E-state index contributed by atoms with van der Waals surface area (Å²) < 4.78 is 14.9. The highest BCUT2D eigenvalue weighted by molar-refractivity contribution is 6.10. The summed E-state index contributed by atoms with van der Waals surface area (Å²) in [6, 6.07) is 4.96. The summed E-state index contributed by atoms with van der Waals surface area (Å²) in [5.74, 6) is -3.12. The minimum absolute atomic E-state index is 0.315. The SMILES string of the molecule is COc1cccc(/N=C/C2C(=O)OC(C)(C)OC2=O)n1. The third kappa shape index (κ3) is 3.11. The van der Waals surface area contributed by atoms with Gasteiger partial charge >= 0.3 is 11.9 Å². The summed E-state index contributed by atoms with van der Waals surface area (Å²) >= 11 is 0. The molecule has 2 heterocycles. The Morgan fingerprint density at radius 2 is 1.95 bits per heavy atom. The van der Waals surface area contributed by atoms with E-state index in [1.165, 1.54) is 21.0 Å². The number of carbonyl (C=O) groups is 2. The predicted octanol–water partition coefficient (Wildman–Crippen LogP) is 1.24. The molecule has 1 aromatic heterocycles. The van der Waals surface area contributed by atoms with Crippen LogP contribution < -0.4 is 4.74 Å². The van der Waals surface area contributed by atoms with E-state index in [0.717, 1.165) is 6.21 Å². The van der Waals surface area contributed by atoms with Gasteiger partial charge in [-0.25, -0.2) is 4.99 Å². The number of cyclic esters (lactones) is 2. The van der Waals surface area contributed by atoms with Gasteiger partial charge in [0.2, 0.25) is 5.88 Å². The van der Waals surface area contributed by atoms with Crippen molar-refractivity contribution in [1.82, 2.24) is 4.98 Å². The fraction of sp³-hybridized carbons (Fsp3) is 0.385. The number of aromatic nitrogens is 1. The van der Waals surface area contributed by atoms with Gasteiger partial charge in [0.05, 0.1) is 7.11 Å². The van der Waals surface area contributed by atoms with Crippen molar-refractivity contribution in [2.24, 2.45) is 10.9 Å². The van der Waals surface area contributed by atoms with Gasteiger partial charge in [0.1, 0.15) is 0 Å². The normalized spacial score (nSPS) is 18.8. The van der Waals surface area contributed by atoms with Crippen LogP contribution in [0.4, 0.5) is 5.82 Å². The molecule has 106 valence electrons. The average molecular weight is 278 g/mol. The second-order valence-electron chi connectivity index (χ2n) is 4.54. The number of ether oxygens (including phenoxy) is 3. The Hall–Kier alpha value is -2.44. The molecule has 1 aromatic rings. The lowest BCUT2D eigenvalue weighted by Crippen LogP contribution is -2.46. The van der Waals surface area contributed by atoms with E-state index < -0.39 is 23.6 Å². The Morgan fingerprint density at radius 3 is 2.55 bits per heavy atom. The van der Waals surface area contributed by atoms with Crippen molar-refractivity contribution in [1.29, 1.82) is 0 Å². The van der Waals surface area contributed by atoms with Gasteiger partial charge in [-0.05, 0) is 6.07 Å². The summed E-state index contributed by atoms with van der Waals surface area (Å²) in [4.78, 5) is 31.4. The molecular formula is C13H14N2O5. The first-order valence-corrected chi connectivity index (χ1v) is 5.92. The van der Waals surface area contributed by atoms with E-state index in [1.54, 1.807) is 18.2 Å². The van der Waals surface area contributed by atoms with Gasteiger partial charge in [-0.3, -0.25) is 9.59 Å². The van der Waals surface area contributed by atoms with Crippen LogP contribution in [0.5, 0.6) is 5.88 Å². The van der Waals surface area contributed by atoms with E-state index in [4.69, 9.17) is 14.2 Å². The van der Waals surface area contributed by atoms with Gasteiger partial charge < -0.3 is 14.2 Å². The second-order valence-corrected chi connectivity index (χ2v) is 4.54. The number of hydrogen-bond donors (Lipinski definition) is 0. The van der Waals surface area contributed by atoms with Crippen molar-refractivity contribution in [3.8, 4) is 5.88 Å². The number of hydrogen-bond acceptors (Lipinski definition) is 7. The third-order valence-corrected chi connectivity index (χ3v) is 2.47. The van der Waals surface area contributed by atoms with Gasteiger partial charge in [-0.1, -0.05) is 6.07 Å². The fourth-order valence-electron chi connectivity index (χ4n) is 1.59. The molecule has 0 amide bonds. The summed E-state index contributed by atoms with van der Waals surface area (Å²) in [5, 5.41) is 0. The van der Waals surface area contributed by atoms with Crippen LogP contribution in [0.15, 0.2) is 23.2 Å². The first-order chi connectivity index (χ1) is 9.41. The molecule has 0 spiro atoms. The molecule has 1 saturated heterocycles. The fourth-order valence-corrected chi connectivity index (χ4v) is 1.59. The first kappa shape index (κ1) is 14.0. The van der Waals surface area contributed by atoms with Gasteiger partial charge in [0.15, 0.2) is 11.7 Å². The van der Waals surface area contributed by atoms with Crippen molar-refractivity contribution >= 4 is 24.0 Å². The van der Waals surface area contributed by atoms with E-state index in [9.17, 15) is 9.59 Å². The lowest BCUT2D eigenvalue weighted by atomic mass is 10.1. The molecule has 7 nitrogen and oxygen atoms in total. The topological polar surface area (TPSA) is 87.1 Å². The monoisotopic (exact) mass is 278 g/mol. The summed E-state index contributed by atoms with van der Waals surface area (Å²) in [7, 11) is 1.48. The molecule has 0 radical (unpaired) electrons. The molecule has 1 fully saturated rings. The molecule has 0 atom stereocenters. The van der Waals surface area contributed by atoms with Gasteiger partial charge in [0, 0.05) is 26.1 Å². The molecule has 0 aliphatic carbocycles. The highest BCUT2D eigenvalue weighted by Gasteiger charge is 2.42. The maximum absolute atomic E-state index is 11.7. The maximum Gasteiger partial charge on any atom is 0.329 e. The lowest BCUT2D eigenvalue weighted by molar-refractivity contribution is -0.235. The molecule has 0 bridgehead atoms. The van der Waals surface area contributed by atoms with E-state index in [1.807, 2.05) is 0 Å². The maximum atomic E-state index is 11.7. The van der Waals surface area contributed by atoms with E-state index in [0.29, 0.717) is 11.7 Å². The van der Waals surface area contributed by atoms with Crippen molar-refractivity contribution in [2.45, 2.75) is 19.6 Å². The largest absolute Gasteiger partial charge is 0.481 e. The third-order valence-electron chi connectivity index (χ3n) is 2.47. The summed E-state index contributed by atoms with van der Waals surface area (Å²) in [6.07, 6.45) is 1.15. The zero-order valence-electron chi connectivity index (χ0n) is 11.3. The molecule has 0 aromatic carbocycles. The highest BCUT2D eigenvalue weighted by atomic mass is 16.7. The lowest BCUT2D eigenvalue weighted by Gasteiger charge is -2.31. The second kappa shape index (κ2) is 5.28. The van der Waals surface area contributed by atoms with Gasteiger partial charge in [-0.2, -0.15) is 4.98 Å². The Kier molecular flexibility index (Phi) is 3.69. The number of esters is 2. The van der Waals surface area contributed by atoms with Crippen LogP contribution in [0, 0.1) is 5.92 Å². The molecule has 1 aliphatic heterocycles. The quantitative estimate of drug-likeness (QED) is 0.469. The van der Waals surface area contributed by atoms with Gasteiger partial charge in [0.25, 0.3) is 5.79 Å². The Bertz CT molecular complexity index is 548. The highest BCUT2D eigenvalue weighted by Crippen LogP contribution is 2.22. The van der Waals surface area contributed by atoms with Gasteiger partial charge in [-0.15, -0.1) is 0 Å². The number of carbonyl (C=O) groups excluding carboxylic acids is 2. The van der Waals surface area contributed by atoms with Crippen molar-refractivity contribution in [3.63, 3.8) is 0 Å². The minimum Gasteiger partial charge on any atom is -0.481 e. The van der Waals surface area contributed by atoms with E-state index in [2.05, 4.69) is 9.98 Å². The molecule has 0 N–H and O–H groups in total. The van der Waals surface area contributed by atoms with Crippen LogP contribution in [-0.4, -0.2) is 36.0 Å². The summed E-state index contributed by atoms with van der Waals surface area (Å²) in [6.45, 7) is 2.97. The smallest absolute Gasteiger partial charge is 0.329 e. The van der Waals surface area contributed by atoms with E-state index >= 15 is 0 Å². The Balaban J connectivity index is 2.14. The molecule has 1 aliphatic rings. The average Bonchev–Trinajstić information content (AvgIpc) is 2.36. The zero-order valence-corrected chi connectivity index (χ0v) is 11.3. The standard InChI is InChI=1S/C13H14N2O5/c1-13(2)19-11(16)8(12(17)20-13)7-14-9-5-4-6-10(15-9)18-3/h4-8H,1-3H3/b14-7+. The molecule has 2 rings (SSSR count). The minimum atomic E-state index is -1.24. The Morgan fingerprint density at radius 1 is 1.30 bits per heavy atom. The van der Waals surface area contributed by atoms with Crippen LogP contribution >= 0.6 is 0 Å². The predicted molar refractivity (Wildman–Crippen MR) is 68.7 cm³/mol. The van der Waals surface area contributed by atoms with Crippen LogP contribution in [0.1, 0.15) is 13.8 Å². The molecule has 7 heteroatoms. The van der Waals surface area contributed by atoms with Crippen LogP contribution in [0.3, 0.4) is 0 Å². The first-order valence-electron chi connectivity index (χ1n) is 5.92. The molecular weight excluding hydrogens is 264 g/mol. The number of pyridine rings is 1. The summed E-state index contributed by atoms with van der Waals surface area (Å²) in [5.41, 5.74) is 0.